The third-order valence-corrected chi connectivity index (χ3v) is 4.88. The van der Waals surface area contributed by atoms with Crippen molar-refractivity contribution in [3.63, 3.8) is 0 Å². The van der Waals surface area contributed by atoms with Crippen LogP contribution in [-0.4, -0.2) is 41.2 Å². The summed E-state index contributed by atoms with van der Waals surface area (Å²) in [6.07, 6.45) is 1.58. The number of benzene rings is 1. The molecule has 0 spiro atoms. The molecule has 2 heterocycles. The third kappa shape index (κ3) is 5.44. The monoisotopic (exact) mass is 401 g/mol. The summed E-state index contributed by atoms with van der Waals surface area (Å²) in [6.45, 7) is 6.61. The number of aromatic nitrogens is 1. The van der Waals surface area contributed by atoms with Crippen LogP contribution in [0.4, 0.5) is 10.1 Å². The molecule has 0 bridgehead atoms. The zero-order chi connectivity index (χ0) is 21.0. The summed E-state index contributed by atoms with van der Waals surface area (Å²) in [4.78, 5) is 17.9. The van der Waals surface area contributed by atoms with E-state index >= 15 is 0 Å². The van der Waals surface area contributed by atoms with Crippen LogP contribution >= 0.6 is 0 Å². The first-order valence-electron chi connectivity index (χ1n) is 9.96. The summed E-state index contributed by atoms with van der Waals surface area (Å²) in [5.74, 6) is -0.239. The Labute approximate surface area is 170 Å². The molecule has 3 rings (SSSR count). The molecule has 1 aliphatic heterocycles. The summed E-state index contributed by atoms with van der Waals surface area (Å²) >= 11 is 0. The number of carbonyl (C=O) groups excluding carboxylic acids is 1. The molecule has 156 valence electrons. The van der Waals surface area contributed by atoms with E-state index in [1.165, 1.54) is 13.0 Å². The van der Waals surface area contributed by atoms with Crippen LogP contribution in [-0.2, 0) is 11.4 Å². The highest BCUT2D eigenvalue weighted by atomic mass is 19.1. The van der Waals surface area contributed by atoms with Crippen molar-refractivity contribution in [3.8, 4) is 17.0 Å². The van der Waals surface area contributed by atoms with E-state index in [1.54, 1.807) is 12.1 Å². The predicted octanol–water partition coefficient (Wildman–Crippen LogP) is 3.27. The van der Waals surface area contributed by atoms with Crippen molar-refractivity contribution in [1.29, 1.82) is 0 Å². The van der Waals surface area contributed by atoms with Crippen LogP contribution in [0.2, 0.25) is 0 Å². The third-order valence-electron chi connectivity index (χ3n) is 4.88. The fourth-order valence-corrected chi connectivity index (χ4v) is 3.56. The number of piperidine rings is 1. The van der Waals surface area contributed by atoms with Crippen molar-refractivity contribution in [2.45, 2.75) is 52.4 Å². The van der Waals surface area contributed by atoms with Crippen molar-refractivity contribution >= 4 is 11.6 Å². The number of amides is 1. The Bertz CT molecular complexity index is 864. The zero-order valence-corrected chi connectivity index (χ0v) is 17.1. The first kappa shape index (κ1) is 21.0. The lowest BCUT2D eigenvalue weighted by atomic mass is 10.0. The molecule has 0 atom stereocenters. The topological polar surface area (TPSA) is 74.7 Å². The van der Waals surface area contributed by atoms with Gasteiger partial charge in [-0.25, -0.2) is 4.39 Å². The van der Waals surface area contributed by atoms with E-state index in [1.807, 2.05) is 26.0 Å². The number of pyridine rings is 1. The molecule has 29 heavy (non-hydrogen) atoms. The molecule has 1 aromatic carbocycles. The molecule has 1 aliphatic rings. The maximum atomic E-state index is 14.4. The van der Waals surface area contributed by atoms with Gasteiger partial charge in [0.25, 0.3) is 0 Å². The summed E-state index contributed by atoms with van der Waals surface area (Å²) in [5.41, 5.74) is 2.70. The van der Waals surface area contributed by atoms with Crippen molar-refractivity contribution in [1.82, 2.24) is 10.3 Å². The van der Waals surface area contributed by atoms with Crippen molar-refractivity contribution in [3.05, 3.63) is 41.8 Å². The second kappa shape index (κ2) is 9.22. The minimum Gasteiger partial charge on any atom is -0.488 e. The molecule has 2 aromatic rings. The number of aliphatic hydroxyl groups is 1. The van der Waals surface area contributed by atoms with E-state index in [-0.39, 0.29) is 30.4 Å². The molecule has 0 radical (unpaired) electrons. The number of hydrogen-bond acceptors (Lipinski definition) is 5. The first-order valence-corrected chi connectivity index (χ1v) is 9.96. The summed E-state index contributed by atoms with van der Waals surface area (Å²) < 4.78 is 19.9. The Morgan fingerprint density at radius 2 is 2.03 bits per heavy atom. The van der Waals surface area contributed by atoms with E-state index < -0.39 is 5.82 Å². The SMILES string of the molecule is CC(=O)NC1CCN(c2cc(CO)nc(-c3ccc(OC(C)C)c(F)c3)c2)CC1. The quantitative estimate of drug-likeness (QED) is 0.777. The van der Waals surface area contributed by atoms with Crippen LogP contribution in [0.1, 0.15) is 39.3 Å². The van der Waals surface area contributed by atoms with Crippen LogP contribution in [0.15, 0.2) is 30.3 Å². The van der Waals surface area contributed by atoms with Crippen molar-refractivity contribution < 1.29 is 19.0 Å². The average molecular weight is 401 g/mol. The van der Waals surface area contributed by atoms with Gasteiger partial charge in [-0.1, -0.05) is 0 Å². The van der Waals surface area contributed by atoms with Crippen LogP contribution in [0.25, 0.3) is 11.3 Å². The van der Waals surface area contributed by atoms with Gasteiger partial charge < -0.3 is 20.1 Å². The number of carbonyl (C=O) groups is 1. The minimum atomic E-state index is -0.440. The number of nitrogens with one attached hydrogen (secondary N) is 1. The van der Waals surface area contributed by atoms with Crippen molar-refractivity contribution in [2.24, 2.45) is 0 Å². The molecule has 1 amide bonds. The summed E-state index contributed by atoms with van der Waals surface area (Å²) in [7, 11) is 0. The average Bonchev–Trinajstić information content (AvgIpc) is 2.69. The van der Waals surface area contributed by atoms with Gasteiger partial charge in [0, 0.05) is 37.3 Å². The van der Waals surface area contributed by atoms with E-state index in [4.69, 9.17) is 4.74 Å². The highest BCUT2D eigenvalue weighted by Crippen LogP contribution is 2.29. The van der Waals surface area contributed by atoms with Gasteiger partial charge in [0.2, 0.25) is 5.91 Å². The molecule has 1 aromatic heterocycles. The maximum Gasteiger partial charge on any atom is 0.217 e. The van der Waals surface area contributed by atoms with Gasteiger partial charge >= 0.3 is 0 Å². The highest BCUT2D eigenvalue weighted by Gasteiger charge is 2.21. The van der Waals surface area contributed by atoms with Crippen LogP contribution in [0.5, 0.6) is 5.75 Å². The summed E-state index contributed by atoms with van der Waals surface area (Å²) in [5, 5.41) is 12.6. The van der Waals surface area contributed by atoms with Crippen LogP contribution < -0.4 is 15.0 Å². The Balaban J connectivity index is 1.83. The molecule has 6 nitrogen and oxygen atoms in total. The number of halogens is 1. The molecule has 1 fully saturated rings. The Morgan fingerprint density at radius 3 is 2.62 bits per heavy atom. The Hall–Kier alpha value is -2.67. The molecular formula is C22H28FN3O3. The van der Waals surface area contributed by atoms with E-state index in [2.05, 4.69) is 15.2 Å². The van der Waals surface area contributed by atoms with E-state index in [0.717, 1.165) is 31.6 Å². The van der Waals surface area contributed by atoms with Gasteiger partial charge in [-0.2, -0.15) is 0 Å². The van der Waals surface area contributed by atoms with E-state index in [0.29, 0.717) is 17.0 Å². The van der Waals surface area contributed by atoms with Crippen molar-refractivity contribution in [2.75, 3.05) is 18.0 Å². The number of ether oxygens (including phenoxy) is 1. The molecule has 0 aliphatic carbocycles. The fraction of sp³-hybridized carbons (Fsp3) is 0.455. The number of nitrogens with zero attached hydrogens (tertiary/aromatic N) is 2. The normalized spacial score (nSPS) is 14.9. The smallest absolute Gasteiger partial charge is 0.217 e. The lowest BCUT2D eigenvalue weighted by Gasteiger charge is -2.34. The first-order chi connectivity index (χ1) is 13.9. The minimum absolute atomic E-state index is 0.0101. The number of anilines is 1. The molecular weight excluding hydrogens is 373 g/mol. The molecule has 7 heteroatoms. The fourth-order valence-electron chi connectivity index (χ4n) is 3.56. The van der Waals surface area contributed by atoms with Gasteiger partial charge in [-0.15, -0.1) is 0 Å². The van der Waals surface area contributed by atoms with Gasteiger partial charge in [0.1, 0.15) is 0 Å². The van der Waals surface area contributed by atoms with Gasteiger partial charge in [0.05, 0.1) is 24.1 Å². The van der Waals surface area contributed by atoms with E-state index in [9.17, 15) is 14.3 Å². The van der Waals surface area contributed by atoms with Crippen LogP contribution in [0.3, 0.4) is 0 Å². The predicted molar refractivity (Wildman–Crippen MR) is 110 cm³/mol. The second-order valence-corrected chi connectivity index (χ2v) is 7.63. The van der Waals surface area contributed by atoms with Gasteiger partial charge in [-0.3, -0.25) is 9.78 Å². The van der Waals surface area contributed by atoms with Crippen LogP contribution in [0, 0.1) is 5.82 Å². The maximum absolute atomic E-state index is 14.4. The summed E-state index contributed by atoms with van der Waals surface area (Å²) in [6, 6.07) is 8.75. The Kier molecular flexibility index (Phi) is 6.69. The number of aliphatic hydroxyl groups excluding tert-OH is 1. The molecule has 0 unspecified atom stereocenters. The molecule has 0 saturated carbocycles. The number of rotatable bonds is 6. The largest absolute Gasteiger partial charge is 0.488 e. The Morgan fingerprint density at radius 1 is 1.31 bits per heavy atom. The zero-order valence-electron chi connectivity index (χ0n) is 17.1. The molecule has 1 saturated heterocycles. The lowest BCUT2D eigenvalue weighted by molar-refractivity contribution is -0.119. The van der Waals surface area contributed by atoms with Gasteiger partial charge in [0.15, 0.2) is 11.6 Å². The number of hydrogen-bond donors (Lipinski definition) is 2. The highest BCUT2D eigenvalue weighted by molar-refractivity contribution is 5.73. The lowest BCUT2D eigenvalue weighted by Crippen LogP contribution is -2.44. The standard InChI is InChI=1S/C22H28FN3O3/c1-14(2)29-22-5-4-16(10-20(22)23)21-12-19(11-18(13-27)25-21)26-8-6-17(7-9-26)24-15(3)28/h4-5,10-12,14,17,27H,6-9,13H2,1-3H3,(H,24,28). The molecule has 2 N–H and O–H groups in total. The van der Waals surface area contributed by atoms with Gasteiger partial charge in [-0.05, 0) is 57.0 Å². The second-order valence-electron chi connectivity index (χ2n) is 7.63.